The second-order valence-corrected chi connectivity index (χ2v) is 5.57. The fourth-order valence-corrected chi connectivity index (χ4v) is 2.72. The van der Waals surface area contributed by atoms with E-state index in [-0.39, 0.29) is 22.5 Å². The Hall–Kier alpha value is -3.49. The van der Waals surface area contributed by atoms with E-state index in [1.165, 1.54) is 38.6 Å². The normalized spacial score (nSPS) is 10.7. The second-order valence-electron chi connectivity index (χ2n) is 5.57. The number of nitrogens with zero attached hydrogens (tertiary/aromatic N) is 3. The number of rotatable bonds is 5. The summed E-state index contributed by atoms with van der Waals surface area (Å²) in [6, 6.07) is 4.25. The molecule has 0 aliphatic carbocycles. The Bertz CT molecular complexity index is 1030. The number of carbonyl (C=O) groups excluding carboxylic acids is 1. The zero-order valence-electron chi connectivity index (χ0n) is 15.0. The Morgan fingerprint density at radius 1 is 1.26 bits per heavy atom. The van der Waals surface area contributed by atoms with E-state index >= 15 is 0 Å². The average molecular weight is 371 g/mol. The number of ether oxygens (including phenoxy) is 2. The van der Waals surface area contributed by atoms with Crippen LogP contribution in [-0.2, 0) is 0 Å². The molecular weight excluding hydrogens is 353 g/mol. The monoisotopic (exact) mass is 371 g/mol. The zero-order chi connectivity index (χ0) is 19.6. The van der Waals surface area contributed by atoms with E-state index in [4.69, 9.17) is 15.2 Å². The third-order valence-electron chi connectivity index (χ3n) is 4.01. The minimum Gasteiger partial charge on any atom is -0.496 e. The fraction of sp³-hybridized carbons (Fsp3) is 0.222. The quantitative estimate of drug-likeness (QED) is 0.707. The fourth-order valence-electron chi connectivity index (χ4n) is 2.72. The van der Waals surface area contributed by atoms with Gasteiger partial charge in [-0.3, -0.25) is 4.79 Å². The van der Waals surface area contributed by atoms with Crippen molar-refractivity contribution >= 4 is 22.5 Å². The van der Waals surface area contributed by atoms with Crippen molar-refractivity contribution in [2.75, 3.05) is 26.5 Å². The van der Waals surface area contributed by atoms with Gasteiger partial charge in [0.2, 0.25) is 5.88 Å². The standard InChI is InChI=1S/C18H18FN5O3/c1-4-21-18(25)17-15(20)9-5-6-11(19)14(16(9)23-24-17)10-8-22-13(27-3)7-12(10)26-2/h5-8H,4H2,1-3H3,(H2,20,23)(H,21,25). The molecule has 27 heavy (non-hydrogen) atoms. The third kappa shape index (κ3) is 3.19. The lowest BCUT2D eigenvalue weighted by molar-refractivity contribution is 0.0951. The number of hydrogen-bond acceptors (Lipinski definition) is 7. The first kappa shape index (κ1) is 18.3. The van der Waals surface area contributed by atoms with Crippen molar-refractivity contribution in [1.82, 2.24) is 20.5 Å². The van der Waals surface area contributed by atoms with Gasteiger partial charge in [0.25, 0.3) is 5.91 Å². The molecule has 0 radical (unpaired) electrons. The largest absolute Gasteiger partial charge is 0.496 e. The Balaban J connectivity index is 2.27. The molecule has 0 unspecified atom stereocenters. The van der Waals surface area contributed by atoms with Gasteiger partial charge in [0, 0.05) is 29.8 Å². The van der Waals surface area contributed by atoms with E-state index in [2.05, 4.69) is 20.5 Å². The molecule has 0 saturated heterocycles. The lowest BCUT2D eigenvalue weighted by atomic mass is 10.0. The van der Waals surface area contributed by atoms with Gasteiger partial charge in [0.15, 0.2) is 5.69 Å². The molecule has 3 N–H and O–H groups in total. The van der Waals surface area contributed by atoms with Crippen LogP contribution in [0.4, 0.5) is 10.1 Å². The number of hydrogen-bond donors (Lipinski definition) is 2. The maximum Gasteiger partial charge on any atom is 0.273 e. The van der Waals surface area contributed by atoms with Crippen LogP contribution in [0.1, 0.15) is 17.4 Å². The Morgan fingerprint density at radius 3 is 2.70 bits per heavy atom. The highest BCUT2D eigenvalue weighted by Crippen LogP contribution is 2.38. The summed E-state index contributed by atoms with van der Waals surface area (Å²) in [5, 5.41) is 11.0. The molecule has 0 saturated carbocycles. The van der Waals surface area contributed by atoms with Crippen molar-refractivity contribution in [2.24, 2.45) is 0 Å². The molecule has 0 bridgehead atoms. The molecule has 0 aliphatic heterocycles. The van der Waals surface area contributed by atoms with Gasteiger partial charge in [0.05, 0.1) is 25.5 Å². The molecule has 1 aromatic carbocycles. The molecule has 140 valence electrons. The summed E-state index contributed by atoms with van der Waals surface area (Å²) in [5.74, 6) is -0.326. The summed E-state index contributed by atoms with van der Waals surface area (Å²) >= 11 is 0. The van der Waals surface area contributed by atoms with Crippen molar-refractivity contribution in [2.45, 2.75) is 6.92 Å². The van der Waals surface area contributed by atoms with Gasteiger partial charge >= 0.3 is 0 Å². The highest BCUT2D eigenvalue weighted by atomic mass is 19.1. The Labute approximate surface area is 154 Å². The maximum absolute atomic E-state index is 14.7. The number of nitrogen functional groups attached to an aromatic ring is 1. The molecule has 0 aliphatic rings. The van der Waals surface area contributed by atoms with Gasteiger partial charge in [0.1, 0.15) is 17.1 Å². The van der Waals surface area contributed by atoms with Gasteiger partial charge in [-0.15, -0.1) is 10.2 Å². The number of fused-ring (bicyclic) bond motifs is 1. The van der Waals surface area contributed by atoms with Crippen LogP contribution in [0.5, 0.6) is 11.6 Å². The molecule has 0 fully saturated rings. The van der Waals surface area contributed by atoms with Crippen molar-refractivity contribution in [3.63, 3.8) is 0 Å². The summed E-state index contributed by atoms with van der Waals surface area (Å²) in [5.41, 5.74) is 6.90. The number of nitrogens with one attached hydrogen (secondary N) is 1. The van der Waals surface area contributed by atoms with Gasteiger partial charge in [-0.1, -0.05) is 0 Å². The van der Waals surface area contributed by atoms with Gasteiger partial charge < -0.3 is 20.5 Å². The van der Waals surface area contributed by atoms with Crippen molar-refractivity contribution in [1.29, 1.82) is 0 Å². The number of methoxy groups -OCH3 is 2. The number of halogens is 1. The molecule has 3 aromatic rings. The molecule has 8 nitrogen and oxygen atoms in total. The van der Waals surface area contributed by atoms with E-state index in [0.29, 0.717) is 29.1 Å². The smallest absolute Gasteiger partial charge is 0.273 e. The van der Waals surface area contributed by atoms with Crippen molar-refractivity contribution < 1.29 is 18.7 Å². The van der Waals surface area contributed by atoms with Crippen LogP contribution in [0.15, 0.2) is 24.4 Å². The highest BCUT2D eigenvalue weighted by molar-refractivity contribution is 6.07. The summed E-state index contributed by atoms with van der Waals surface area (Å²) < 4.78 is 25.1. The number of anilines is 1. The molecule has 2 aromatic heterocycles. The minimum absolute atomic E-state index is 0.0123. The number of pyridine rings is 1. The van der Waals surface area contributed by atoms with Crippen LogP contribution in [0.25, 0.3) is 22.0 Å². The van der Waals surface area contributed by atoms with Crippen LogP contribution in [0, 0.1) is 5.82 Å². The van der Waals surface area contributed by atoms with Crippen LogP contribution < -0.4 is 20.5 Å². The van der Waals surface area contributed by atoms with Crippen LogP contribution >= 0.6 is 0 Å². The summed E-state index contributed by atoms with van der Waals surface area (Å²) in [4.78, 5) is 16.2. The van der Waals surface area contributed by atoms with E-state index in [9.17, 15) is 9.18 Å². The molecule has 0 spiro atoms. The number of aromatic nitrogens is 3. The molecule has 3 rings (SSSR count). The van der Waals surface area contributed by atoms with Crippen LogP contribution in [-0.4, -0.2) is 41.9 Å². The molecule has 9 heteroatoms. The van der Waals surface area contributed by atoms with E-state index < -0.39 is 11.7 Å². The average Bonchev–Trinajstić information content (AvgIpc) is 2.68. The topological polar surface area (TPSA) is 112 Å². The Kier molecular flexibility index (Phi) is 5.02. The van der Waals surface area contributed by atoms with Crippen molar-refractivity contribution in [3.05, 3.63) is 35.9 Å². The number of nitrogens with two attached hydrogens (primary N) is 1. The first-order chi connectivity index (χ1) is 13.0. The number of benzene rings is 1. The van der Waals surface area contributed by atoms with Gasteiger partial charge in [-0.05, 0) is 19.1 Å². The number of amides is 1. The molecule has 0 atom stereocenters. The van der Waals surface area contributed by atoms with Gasteiger partial charge in [-0.25, -0.2) is 9.37 Å². The first-order valence-electron chi connectivity index (χ1n) is 8.12. The van der Waals surface area contributed by atoms with E-state index in [0.717, 1.165) is 0 Å². The molecular formula is C18H18FN5O3. The maximum atomic E-state index is 14.7. The van der Waals surface area contributed by atoms with E-state index in [1.807, 2.05) is 0 Å². The molecule has 1 amide bonds. The summed E-state index contributed by atoms with van der Waals surface area (Å²) in [6.07, 6.45) is 1.42. The van der Waals surface area contributed by atoms with Gasteiger partial charge in [-0.2, -0.15) is 0 Å². The lowest BCUT2D eigenvalue weighted by Gasteiger charge is -2.14. The lowest BCUT2D eigenvalue weighted by Crippen LogP contribution is -2.25. The highest BCUT2D eigenvalue weighted by Gasteiger charge is 2.21. The Morgan fingerprint density at radius 2 is 2.04 bits per heavy atom. The summed E-state index contributed by atoms with van der Waals surface area (Å²) in [6.45, 7) is 2.19. The second kappa shape index (κ2) is 7.40. The SMILES string of the molecule is CCNC(=O)c1nnc2c(-c3cnc(OC)cc3OC)c(F)ccc2c1N. The third-order valence-corrected chi connectivity index (χ3v) is 4.01. The first-order valence-corrected chi connectivity index (χ1v) is 8.12. The molecule has 2 heterocycles. The van der Waals surface area contributed by atoms with Crippen LogP contribution in [0.2, 0.25) is 0 Å². The summed E-state index contributed by atoms with van der Waals surface area (Å²) in [7, 11) is 2.92. The minimum atomic E-state index is -0.549. The predicted octanol–water partition coefficient (Wildman–Crippen LogP) is 2.18. The predicted molar refractivity (Wildman–Crippen MR) is 98.3 cm³/mol. The van der Waals surface area contributed by atoms with Crippen molar-refractivity contribution in [3.8, 4) is 22.8 Å². The van der Waals surface area contributed by atoms with E-state index in [1.54, 1.807) is 6.92 Å². The number of carbonyl (C=O) groups is 1. The zero-order valence-corrected chi connectivity index (χ0v) is 15.0. The van der Waals surface area contributed by atoms with Crippen LogP contribution in [0.3, 0.4) is 0 Å².